The first-order valence-corrected chi connectivity index (χ1v) is 6.32. The molecule has 1 aromatic carbocycles. The maximum absolute atomic E-state index is 13.4. The largest absolute Gasteiger partial charge is 0.432 e. The van der Waals surface area contributed by atoms with Crippen molar-refractivity contribution in [1.29, 1.82) is 0 Å². The molecule has 0 atom stereocenters. The number of aromatic nitrogens is 1. The lowest BCUT2D eigenvalue weighted by atomic mass is 10.3. The quantitative estimate of drug-likeness (QED) is 0.908. The third kappa shape index (κ3) is 3.85. The van der Waals surface area contributed by atoms with Gasteiger partial charge in [0.25, 0.3) is 0 Å². The number of nitrogens with one attached hydrogen (secondary N) is 1. The Hall–Kier alpha value is -1.76. The molecule has 0 aliphatic rings. The molecular formula is C12H11F3N2OS. The molecule has 0 amide bonds. The van der Waals surface area contributed by atoms with Gasteiger partial charge in [0.15, 0.2) is 11.6 Å². The Bertz CT molecular complexity index is 560. The molecule has 0 spiro atoms. The Kier molecular flexibility index (Phi) is 4.26. The summed E-state index contributed by atoms with van der Waals surface area (Å²) in [6.45, 7) is -0.699. The van der Waals surface area contributed by atoms with Crippen molar-refractivity contribution in [2.75, 3.05) is 5.32 Å². The SMILES string of the molecule is Cc1nc(CNc2ccc(OC(F)F)c(F)c2)cs1. The molecule has 19 heavy (non-hydrogen) atoms. The second kappa shape index (κ2) is 5.92. The van der Waals surface area contributed by atoms with Crippen LogP contribution in [0.4, 0.5) is 18.9 Å². The fraction of sp³-hybridized carbons (Fsp3) is 0.250. The minimum Gasteiger partial charge on any atom is -0.432 e. The predicted octanol–water partition coefficient (Wildman–Crippen LogP) is 3.80. The highest BCUT2D eigenvalue weighted by Crippen LogP contribution is 2.23. The van der Waals surface area contributed by atoms with E-state index in [4.69, 9.17) is 0 Å². The summed E-state index contributed by atoms with van der Waals surface area (Å²) < 4.78 is 41.4. The average Bonchev–Trinajstić information content (AvgIpc) is 2.75. The number of hydrogen-bond donors (Lipinski definition) is 1. The maximum atomic E-state index is 13.4. The number of rotatable bonds is 5. The summed E-state index contributed by atoms with van der Waals surface area (Å²) in [5.41, 5.74) is 1.32. The number of ether oxygens (including phenoxy) is 1. The number of nitrogens with zero attached hydrogens (tertiary/aromatic N) is 1. The topological polar surface area (TPSA) is 34.2 Å². The van der Waals surface area contributed by atoms with Crippen molar-refractivity contribution in [3.05, 3.63) is 40.1 Å². The first kappa shape index (κ1) is 13.7. The second-order valence-corrected chi connectivity index (χ2v) is 4.80. The summed E-state index contributed by atoms with van der Waals surface area (Å²) in [6.07, 6.45) is 0. The Morgan fingerprint density at radius 3 is 2.79 bits per heavy atom. The molecule has 2 aromatic rings. The van der Waals surface area contributed by atoms with Crippen molar-refractivity contribution in [2.45, 2.75) is 20.1 Å². The van der Waals surface area contributed by atoms with Gasteiger partial charge in [-0.25, -0.2) is 9.37 Å². The van der Waals surface area contributed by atoms with Gasteiger partial charge in [-0.3, -0.25) is 0 Å². The van der Waals surface area contributed by atoms with Gasteiger partial charge in [0, 0.05) is 17.1 Å². The Labute approximate surface area is 112 Å². The van der Waals surface area contributed by atoms with Crippen LogP contribution in [0.5, 0.6) is 5.75 Å². The molecule has 1 heterocycles. The van der Waals surface area contributed by atoms with E-state index in [9.17, 15) is 13.2 Å². The zero-order chi connectivity index (χ0) is 13.8. The molecule has 3 nitrogen and oxygen atoms in total. The lowest BCUT2D eigenvalue weighted by molar-refractivity contribution is -0.0521. The van der Waals surface area contributed by atoms with Gasteiger partial charge in [-0.2, -0.15) is 8.78 Å². The Morgan fingerprint density at radius 2 is 2.21 bits per heavy atom. The molecule has 0 radical (unpaired) electrons. The zero-order valence-corrected chi connectivity index (χ0v) is 10.8. The molecule has 102 valence electrons. The van der Waals surface area contributed by atoms with Crippen molar-refractivity contribution in [2.24, 2.45) is 0 Å². The summed E-state index contributed by atoms with van der Waals surface area (Å²) in [4.78, 5) is 4.24. The predicted molar refractivity (Wildman–Crippen MR) is 67.2 cm³/mol. The zero-order valence-electron chi connectivity index (χ0n) is 9.99. The van der Waals surface area contributed by atoms with Crippen LogP contribution in [-0.4, -0.2) is 11.6 Å². The normalized spacial score (nSPS) is 10.8. The number of anilines is 1. The van der Waals surface area contributed by atoms with E-state index in [2.05, 4.69) is 15.0 Å². The van der Waals surface area contributed by atoms with Gasteiger partial charge in [-0.15, -0.1) is 11.3 Å². The highest BCUT2D eigenvalue weighted by atomic mass is 32.1. The van der Waals surface area contributed by atoms with Crippen molar-refractivity contribution in [1.82, 2.24) is 4.98 Å². The molecule has 0 fully saturated rings. The van der Waals surface area contributed by atoms with E-state index in [1.165, 1.54) is 17.4 Å². The highest BCUT2D eigenvalue weighted by molar-refractivity contribution is 7.09. The molecule has 0 aliphatic carbocycles. The van der Waals surface area contributed by atoms with Crippen LogP contribution >= 0.6 is 11.3 Å². The van der Waals surface area contributed by atoms with Gasteiger partial charge < -0.3 is 10.1 Å². The summed E-state index contributed by atoms with van der Waals surface area (Å²) in [7, 11) is 0. The van der Waals surface area contributed by atoms with E-state index in [1.54, 1.807) is 0 Å². The molecule has 0 saturated carbocycles. The van der Waals surface area contributed by atoms with Crippen molar-refractivity contribution < 1.29 is 17.9 Å². The number of aryl methyl sites for hydroxylation is 1. The third-order valence-corrected chi connectivity index (χ3v) is 3.11. The van der Waals surface area contributed by atoms with E-state index >= 15 is 0 Å². The van der Waals surface area contributed by atoms with Gasteiger partial charge in [0.2, 0.25) is 0 Å². The van der Waals surface area contributed by atoms with Crippen LogP contribution in [0, 0.1) is 12.7 Å². The van der Waals surface area contributed by atoms with E-state index in [0.29, 0.717) is 12.2 Å². The fourth-order valence-electron chi connectivity index (χ4n) is 1.48. The Balaban J connectivity index is 1.99. The van der Waals surface area contributed by atoms with Gasteiger partial charge in [0.1, 0.15) is 0 Å². The van der Waals surface area contributed by atoms with E-state index in [-0.39, 0.29) is 0 Å². The maximum Gasteiger partial charge on any atom is 0.387 e. The van der Waals surface area contributed by atoms with Crippen molar-refractivity contribution in [3.63, 3.8) is 0 Å². The van der Waals surface area contributed by atoms with Crippen LogP contribution in [0.15, 0.2) is 23.6 Å². The smallest absolute Gasteiger partial charge is 0.387 e. The van der Waals surface area contributed by atoms with Crippen LogP contribution in [0.25, 0.3) is 0 Å². The van der Waals surface area contributed by atoms with Gasteiger partial charge >= 0.3 is 6.61 Å². The minimum absolute atomic E-state index is 0.443. The van der Waals surface area contributed by atoms with Crippen LogP contribution in [0.3, 0.4) is 0 Å². The number of benzene rings is 1. The minimum atomic E-state index is -3.04. The molecule has 0 unspecified atom stereocenters. The number of halogens is 3. The summed E-state index contributed by atoms with van der Waals surface area (Å²) in [5, 5.41) is 5.80. The lowest BCUT2D eigenvalue weighted by Gasteiger charge is -2.08. The van der Waals surface area contributed by atoms with Gasteiger partial charge in [0.05, 0.1) is 17.2 Å². The summed E-state index contributed by atoms with van der Waals surface area (Å²) in [6, 6.07) is 3.74. The average molecular weight is 288 g/mol. The first-order valence-electron chi connectivity index (χ1n) is 5.44. The van der Waals surface area contributed by atoms with Gasteiger partial charge in [-0.05, 0) is 19.1 Å². The molecule has 0 aliphatic heterocycles. The van der Waals surface area contributed by atoms with Crippen LogP contribution < -0.4 is 10.1 Å². The fourth-order valence-corrected chi connectivity index (χ4v) is 2.10. The summed E-state index contributed by atoms with van der Waals surface area (Å²) >= 11 is 1.52. The van der Waals surface area contributed by atoms with Crippen LogP contribution in [0.1, 0.15) is 10.7 Å². The van der Waals surface area contributed by atoms with E-state index in [0.717, 1.165) is 22.8 Å². The van der Waals surface area contributed by atoms with Crippen LogP contribution in [-0.2, 0) is 6.54 Å². The lowest BCUT2D eigenvalue weighted by Crippen LogP contribution is -2.05. The van der Waals surface area contributed by atoms with Gasteiger partial charge in [-0.1, -0.05) is 0 Å². The second-order valence-electron chi connectivity index (χ2n) is 3.74. The number of thiazole rings is 1. The highest BCUT2D eigenvalue weighted by Gasteiger charge is 2.10. The molecule has 0 saturated heterocycles. The molecule has 2 rings (SSSR count). The Morgan fingerprint density at radius 1 is 1.42 bits per heavy atom. The van der Waals surface area contributed by atoms with Crippen LogP contribution in [0.2, 0.25) is 0 Å². The molecule has 1 N–H and O–H groups in total. The number of hydrogen-bond acceptors (Lipinski definition) is 4. The van der Waals surface area contributed by atoms with Crippen molar-refractivity contribution >= 4 is 17.0 Å². The van der Waals surface area contributed by atoms with E-state index in [1.807, 2.05) is 12.3 Å². The molecule has 1 aromatic heterocycles. The van der Waals surface area contributed by atoms with E-state index < -0.39 is 18.2 Å². The monoisotopic (exact) mass is 288 g/mol. The summed E-state index contributed by atoms with van der Waals surface area (Å²) in [5.74, 6) is -1.30. The first-order chi connectivity index (χ1) is 9.04. The molecule has 0 bridgehead atoms. The number of alkyl halides is 2. The molecule has 7 heteroatoms. The van der Waals surface area contributed by atoms with Crippen molar-refractivity contribution in [3.8, 4) is 5.75 Å². The molecular weight excluding hydrogens is 277 g/mol. The standard InChI is InChI=1S/C12H11F3N2OS/c1-7-17-9(6-19-7)5-16-8-2-3-11(10(13)4-8)18-12(14)15/h2-4,6,12,16H,5H2,1H3. The third-order valence-electron chi connectivity index (χ3n) is 2.29.